The van der Waals surface area contributed by atoms with E-state index in [1.54, 1.807) is 4.90 Å². The van der Waals surface area contributed by atoms with Crippen LogP contribution in [0.15, 0.2) is 36.4 Å². The highest BCUT2D eigenvalue weighted by molar-refractivity contribution is 6.32. The number of carbonyl (C=O) groups excluding carboxylic acids is 1. The van der Waals surface area contributed by atoms with Gasteiger partial charge in [0, 0.05) is 31.5 Å². The van der Waals surface area contributed by atoms with E-state index in [1.165, 1.54) is 37.4 Å². The minimum absolute atomic E-state index is 0.0448. The van der Waals surface area contributed by atoms with E-state index in [1.807, 2.05) is 0 Å². The normalized spacial score (nSPS) is 21.5. The molecule has 11 heteroatoms. The average Bonchev–Trinajstić information content (AvgIpc) is 3.08. The second-order valence-corrected chi connectivity index (χ2v) is 9.04. The van der Waals surface area contributed by atoms with Gasteiger partial charge in [0.15, 0.2) is 0 Å². The number of rotatable bonds is 6. The first-order valence-electron chi connectivity index (χ1n) is 11.1. The van der Waals surface area contributed by atoms with Crippen molar-refractivity contribution >= 4 is 23.6 Å². The third kappa shape index (κ3) is 5.42. The lowest BCUT2D eigenvalue weighted by molar-refractivity contribution is -0.138. The quantitative estimate of drug-likeness (QED) is 0.545. The predicted octanol–water partition coefficient (Wildman–Crippen LogP) is 5.35. The Labute approximate surface area is 204 Å². The van der Waals surface area contributed by atoms with Crippen LogP contribution in [0.5, 0.6) is 11.5 Å². The topological polar surface area (TPSA) is 88.1 Å². The van der Waals surface area contributed by atoms with Crippen molar-refractivity contribution in [3.05, 3.63) is 58.1 Å². The molecular weight excluding hydrogens is 489 g/mol. The maximum absolute atomic E-state index is 13.5. The molecule has 2 aliphatic heterocycles. The number of carbonyl (C=O) groups is 2. The predicted molar refractivity (Wildman–Crippen MR) is 121 cm³/mol. The van der Waals surface area contributed by atoms with E-state index in [4.69, 9.17) is 26.2 Å². The summed E-state index contributed by atoms with van der Waals surface area (Å²) in [6.07, 6.45) is -2.19. The summed E-state index contributed by atoms with van der Waals surface area (Å²) in [5.41, 5.74) is -0.839. The van der Waals surface area contributed by atoms with Gasteiger partial charge in [-0.2, -0.15) is 13.2 Å². The standard InChI is InChI=1S/C24H24ClF3N2O5/c1-34-17-6-2-14(19(11-17)24(26,27)28)12-29-23(33)30-15-4-5-16(30)10-18(9-15)35-21-7-3-13(22(31)32)8-20(21)25/h2-3,6-8,11,15-16,18H,4-5,9-10,12H2,1H3,(H,29,33)(H,31,32)/t15-,16-/m0/s1. The fourth-order valence-electron chi connectivity index (χ4n) is 4.83. The highest BCUT2D eigenvalue weighted by Crippen LogP contribution is 2.39. The second-order valence-electron chi connectivity index (χ2n) is 8.63. The summed E-state index contributed by atoms with van der Waals surface area (Å²) in [6, 6.07) is 7.25. The molecule has 2 amide bonds. The zero-order valence-electron chi connectivity index (χ0n) is 18.8. The first kappa shape index (κ1) is 25.0. The smallest absolute Gasteiger partial charge is 0.416 e. The van der Waals surface area contributed by atoms with E-state index in [9.17, 15) is 22.8 Å². The molecule has 35 heavy (non-hydrogen) atoms. The van der Waals surface area contributed by atoms with Crippen molar-refractivity contribution in [2.45, 2.75) is 56.6 Å². The summed E-state index contributed by atoms with van der Waals surface area (Å²) < 4.78 is 51.3. The number of hydrogen-bond acceptors (Lipinski definition) is 4. The zero-order chi connectivity index (χ0) is 25.3. The van der Waals surface area contributed by atoms with Crippen molar-refractivity contribution < 1.29 is 37.3 Å². The third-order valence-corrected chi connectivity index (χ3v) is 6.74. The first-order chi connectivity index (χ1) is 16.6. The van der Waals surface area contributed by atoms with Crippen LogP contribution in [0.4, 0.5) is 18.0 Å². The van der Waals surface area contributed by atoms with Gasteiger partial charge in [0.2, 0.25) is 0 Å². The van der Waals surface area contributed by atoms with Crippen LogP contribution >= 0.6 is 11.6 Å². The molecule has 0 saturated carbocycles. The van der Waals surface area contributed by atoms with Crippen molar-refractivity contribution in [1.82, 2.24) is 10.2 Å². The van der Waals surface area contributed by atoms with E-state index in [-0.39, 0.29) is 46.6 Å². The van der Waals surface area contributed by atoms with Crippen LogP contribution in [0.25, 0.3) is 0 Å². The summed E-state index contributed by atoms with van der Waals surface area (Å²) in [5.74, 6) is -0.629. The molecule has 188 valence electrons. The van der Waals surface area contributed by atoms with Gasteiger partial charge in [0.05, 0.1) is 23.3 Å². The van der Waals surface area contributed by atoms with Gasteiger partial charge >= 0.3 is 18.2 Å². The number of benzene rings is 2. The summed E-state index contributed by atoms with van der Waals surface area (Å²) in [4.78, 5) is 25.7. The largest absolute Gasteiger partial charge is 0.497 e. The van der Waals surface area contributed by atoms with E-state index in [2.05, 4.69) is 5.32 Å². The Morgan fingerprint density at radius 2 is 1.83 bits per heavy atom. The molecule has 2 bridgehead atoms. The molecule has 2 fully saturated rings. The molecule has 0 aromatic heterocycles. The molecule has 2 aromatic rings. The number of hydrogen-bond donors (Lipinski definition) is 2. The number of nitrogens with one attached hydrogen (secondary N) is 1. The number of carboxylic acids is 1. The molecule has 2 aliphatic rings. The van der Waals surface area contributed by atoms with Crippen molar-refractivity contribution in [3.8, 4) is 11.5 Å². The van der Waals surface area contributed by atoms with Gasteiger partial charge in [-0.25, -0.2) is 9.59 Å². The SMILES string of the molecule is COc1ccc(CNC(=O)N2[C@H]3CC[C@H]2CC(Oc2ccc(C(=O)O)cc2Cl)C3)c(C(F)(F)F)c1. The molecule has 0 radical (unpaired) electrons. The molecule has 2 heterocycles. The van der Waals surface area contributed by atoms with Crippen LogP contribution in [-0.2, 0) is 12.7 Å². The van der Waals surface area contributed by atoms with Crippen LogP contribution in [-0.4, -0.2) is 47.3 Å². The summed E-state index contributed by atoms with van der Waals surface area (Å²) >= 11 is 6.17. The molecule has 0 unspecified atom stereocenters. The molecule has 2 atom stereocenters. The summed E-state index contributed by atoms with van der Waals surface area (Å²) in [6.45, 7) is -0.265. The number of alkyl halides is 3. The first-order valence-corrected chi connectivity index (χ1v) is 11.4. The highest BCUT2D eigenvalue weighted by Gasteiger charge is 2.44. The van der Waals surface area contributed by atoms with Gasteiger partial charge < -0.3 is 24.8 Å². The Bertz CT molecular complexity index is 1110. The average molecular weight is 513 g/mol. The lowest BCUT2D eigenvalue weighted by Gasteiger charge is -2.39. The van der Waals surface area contributed by atoms with Crippen molar-refractivity contribution in [3.63, 3.8) is 0 Å². The van der Waals surface area contributed by atoms with E-state index < -0.39 is 23.7 Å². The minimum atomic E-state index is -4.58. The Hall–Kier alpha value is -3.14. The number of piperidine rings is 1. The van der Waals surface area contributed by atoms with Crippen LogP contribution in [0.1, 0.15) is 47.2 Å². The number of halogens is 4. The molecule has 7 nitrogen and oxygen atoms in total. The molecule has 2 saturated heterocycles. The van der Waals surface area contributed by atoms with E-state index >= 15 is 0 Å². The lowest BCUT2D eigenvalue weighted by Crippen LogP contribution is -2.52. The fraction of sp³-hybridized carbons (Fsp3) is 0.417. The Balaban J connectivity index is 1.39. The number of methoxy groups -OCH3 is 1. The Kier molecular flexibility index (Phi) is 7.02. The highest BCUT2D eigenvalue weighted by atomic mass is 35.5. The number of amides is 2. The van der Waals surface area contributed by atoms with Gasteiger partial charge in [-0.05, 0) is 48.7 Å². The van der Waals surface area contributed by atoms with Crippen LogP contribution < -0.4 is 14.8 Å². The molecular formula is C24H24ClF3N2O5. The number of nitrogens with zero attached hydrogens (tertiary/aromatic N) is 1. The second kappa shape index (κ2) is 9.85. The minimum Gasteiger partial charge on any atom is -0.497 e. The number of ether oxygens (including phenoxy) is 2. The molecule has 2 aromatic carbocycles. The number of fused-ring (bicyclic) bond motifs is 2. The van der Waals surface area contributed by atoms with Crippen molar-refractivity contribution in [2.75, 3.05) is 7.11 Å². The number of carboxylic acid groups (broad SMARTS) is 1. The monoisotopic (exact) mass is 512 g/mol. The van der Waals surface area contributed by atoms with Crippen LogP contribution in [0, 0.1) is 0 Å². The zero-order valence-corrected chi connectivity index (χ0v) is 19.5. The lowest BCUT2D eigenvalue weighted by atomic mass is 10.00. The maximum atomic E-state index is 13.5. The molecule has 4 rings (SSSR count). The molecule has 0 spiro atoms. The third-order valence-electron chi connectivity index (χ3n) is 6.45. The maximum Gasteiger partial charge on any atom is 0.416 e. The number of urea groups is 1. The van der Waals surface area contributed by atoms with Gasteiger partial charge in [0.25, 0.3) is 0 Å². The van der Waals surface area contributed by atoms with Crippen LogP contribution in [0.3, 0.4) is 0 Å². The van der Waals surface area contributed by atoms with E-state index in [0.717, 1.165) is 18.9 Å². The van der Waals surface area contributed by atoms with Gasteiger partial charge in [-0.3, -0.25) is 0 Å². The van der Waals surface area contributed by atoms with E-state index in [0.29, 0.717) is 18.6 Å². The van der Waals surface area contributed by atoms with Gasteiger partial charge in [0.1, 0.15) is 17.6 Å². The summed E-state index contributed by atoms with van der Waals surface area (Å²) in [5, 5.41) is 11.9. The van der Waals surface area contributed by atoms with Crippen LogP contribution in [0.2, 0.25) is 5.02 Å². The Morgan fingerprint density at radius 3 is 2.40 bits per heavy atom. The van der Waals surface area contributed by atoms with Crippen molar-refractivity contribution in [1.29, 1.82) is 0 Å². The van der Waals surface area contributed by atoms with Gasteiger partial charge in [-0.15, -0.1) is 0 Å². The summed E-state index contributed by atoms with van der Waals surface area (Å²) in [7, 11) is 1.29. The molecule has 0 aliphatic carbocycles. The van der Waals surface area contributed by atoms with Crippen molar-refractivity contribution in [2.24, 2.45) is 0 Å². The van der Waals surface area contributed by atoms with Gasteiger partial charge in [-0.1, -0.05) is 17.7 Å². The number of aromatic carboxylic acids is 1. The Morgan fingerprint density at radius 1 is 1.14 bits per heavy atom. The fourth-order valence-corrected chi connectivity index (χ4v) is 5.05. The molecule has 2 N–H and O–H groups in total.